The molecule has 0 bridgehead atoms. The Balaban J connectivity index is 1.27. The fraction of sp³-hybridized carbons (Fsp3) is 0.318. The van der Waals surface area contributed by atoms with E-state index in [9.17, 15) is 14.4 Å². The van der Waals surface area contributed by atoms with Gasteiger partial charge in [0.2, 0.25) is 6.10 Å². The van der Waals surface area contributed by atoms with Crippen molar-refractivity contribution in [1.29, 1.82) is 0 Å². The van der Waals surface area contributed by atoms with Crippen LogP contribution in [0.15, 0.2) is 46.9 Å². The Labute approximate surface area is 187 Å². The minimum absolute atomic E-state index is 0.150. The molecule has 0 aromatic heterocycles. The molecule has 4 rings (SSSR count). The highest BCUT2D eigenvalue weighted by Gasteiger charge is 2.33. The minimum Gasteiger partial charge on any atom is -0.485 e. The summed E-state index contributed by atoms with van der Waals surface area (Å²) >= 11 is 3.30. The molecule has 0 N–H and O–H groups in total. The molecule has 0 spiro atoms. The number of nitrogens with zero attached hydrogens (tertiary/aromatic N) is 2. The highest BCUT2D eigenvalue weighted by molar-refractivity contribution is 9.10. The molecule has 31 heavy (non-hydrogen) atoms. The quantitative estimate of drug-likeness (QED) is 0.599. The predicted molar refractivity (Wildman–Crippen MR) is 115 cm³/mol. The third-order valence-electron chi connectivity index (χ3n) is 5.18. The Morgan fingerprint density at radius 3 is 2.52 bits per heavy atom. The van der Waals surface area contributed by atoms with Crippen molar-refractivity contribution in [2.24, 2.45) is 0 Å². The summed E-state index contributed by atoms with van der Waals surface area (Å²) in [7, 11) is 0. The number of benzene rings is 2. The zero-order valence-corrected chi connectivity index (χ0v) is 18.2. The zero-order chi connectivity index (χ0) is 21.8. The lowest BCUT2D eigenvalue weighted by Crippen LogP contribution is -2.55. The van der Waals surface area contributed by atoms with Gasteiger partial charge in [-0.25, -0.2) is 0 Å². The van der Waals surface area contributed by atoms with Gasteiger partial charge in [0.05, 0.1) is 5.56 Å². The van der Waals surface area contributed by atoms with Crippen LogP contribution in [0.1, 0.15) is 10.4 Å². The van der Waals surface area contributed by atoms with E-state index in [0.717, 1.165) is 4.47 Å². The van der Waals surface area contributed by atoms with Crippen LogP contribution in [0.4, 0.5) is 0 Å². The summed E-state index contributed by atoms with van der Waals surface area (Å²) in [5.74, 6) is 1.20. The lowest BCUT2D eigenvalue weighted by Gasteiger charge is -2.37. The summed E-state index contributed by atoms with van der Waals surface area (Å²) in [6, 6.07) is 12.3. The average Bonchev–Trinajstić information content (AvgIpc) is 2.82. The SMILES string of the molecule is O=Cc1cc(Br)ccc1OCC(=O)N1CCN(C(=O)[C@H]2COc3ccccc3O2)CC1. The normalized spacial score (nSPS) is 17.8. The van der Waals surface area contributed by atoms with Gasteiger partial charge in [0.1, 0.15) is 12.4 Å². The first kappa shape index (κ1) is 21.2. The van der Waals surface area contributed by atoms with Gasteiger partial charge in [-0.3, -0.25) is 14.4 Å². The second-order valence-corrected chi connectivity index (χ2v) is 8.07. The van der Waals surface area contributed by atoms with Crippen molar-refractivity contribution >= 4 is 34.0 Å². The molecule has 2 aromatic carbocycles. The van der Waals surface area contributed by atoms with Crippen LogP contribution in [0, 0.1) is 0 Å². The minimum atomic E-state index is -0.695. The molecular weight excluding hydrogens is 468 g/mol. The summed E-state index contributed by atoms with van der Waals surface area (Å²) in [6.45, 7) is 1.60. The van der Waals surface area contributed by atoms with E-state index in [1.54, 1.807) is 40.1 Å². The van der Waals surface area contributed by atoms with Gasteiger partial charge >= 0.3 is 0 Å². The van der Waals surface area contributed by atoms with Crippen LogP contribution in [0.25, 0.3) is 0 Å². The highest BCUT2D eigenvalue weighted by atomic mass is 79.9. The van der Waals surface area contributed by atoms with Gasteiger partial charge in [-0.1, -0.05) is 28.1 Å². The first-order valence-electron chi connectivity index (χ1n) is 9.88. The molecule has 2 amide bonds. The molecule has 9 heteroatoms. The molecule has 8 nitrogen and oxygen atoms in total. The third-order valence-corrected chi connectivity index (χ3v) is 5.67. The summed E-state index contributed by atoms with van der Waals surface area (Å²) in [6.07, 6.45) is -0.00985. The molecule has 2 aromatic rings. The Kier molecular flexibility index (Phi) is 6.41. The van der Waals surface area contributed by atoms with Gasteiger partial charge in [-0.2, -0.15) is 0 Å². The fourth-order valence-electron chi connectivity index (χ4n) is 3.49. The molecule has 0 unspecified atom stereocenters. The van der Waals surface area contributed by atoms with Gasteiger partial charge < -0.3 is 24.0 Å². The molecule has 2 aliphatic heterocycles. The molecule has 1 saturated heterocycles. The van der Waals surface area contributed by atoms with Crippen LogP contribution < -0.4 is 14.2 Å². The molecule has 2 heterocycles. The summed E-state index contributed by atoms with van der Waals surface area (Å²) in [5, 5.41) is 0. The number of halogens is 1. The van der Waals surface area contributed by atoms with Crippen molar-refractivity contribution in [3.8, 4) is 17.2 Å². The maximum atomic E-state index is 12.8. The molecule has 1 fully saturated rings. The van der Waals surface area contributed by atoms with Gasteiger partial charge in [0.15, 0.2) is 24.4 Å². The molecule has 0 aliphatic carbocycles. The standard InChI is InChI=1S/C22H21BrN2O6/c23-16-5-6-17(15(11-16)12-26)30-14-21(27)24-7-9-25(10-8-24)22(28)20-13-29-18-3-1-2-4-19(18)31-20/h1-6,11-12,20H,7-10,13-14H2/t20-/m1/s1. The van der Waals surface area contributed by atoms with E-state index in [1.165, 1.54) is 0 Å². The Morgan fingerprint density at radius 1 is 1.06 bits per heavy atom. The third kappa shape index (κ3) is 4.82. The van der Waals surface area contributed by atoms with Crippen LogP contribution in [0.5, 0.6) is 17.2 Å². The number of aldehydes is 1. The topological polar surface area (TPSA) is 85.4 Å². The molecule has 1 atom stereocenters. The van der Waals surface area contributed by atoms with E-state index in [-0.39, 0.29) is 25.0 Å². The average molecular weight is 489 g/mol. The predicted octanol–water partition coefficient (Wildman–Crippen LogP) is 2.15. The number of carbonyl (C=O) groups is 3. The van der Waals surface area contributed by atoms with Gasteiger partial charge in [0.25, 0.3) is 11.8 Å². The number of rotatable bonds is 5. The van der Waals surface area contributed by atoms with Crippen molar-refractivity contribution in [3.63, 3.8) is 0 Å². The second-order valence-electron chi connectivity index (χ2n) is 7.16. The van der Waals surface area contributed by atoms with Crippen molar-refractivity contribution in [3.05, 3.63) is 52.5 Å². The van der Waals surface area contributed by atoms with Crippen LogP contribution in [-0.4, -0.2) is 73.4 Å². The molecule has 2 aliphatic rings. The summed E-state index contributed by atoms with van der Waals surface area (Å²) in [5.41, 5.74) is 0.369. The number of piperazine rings is 1. The summed E-state index contributed by atoms with van der Waals surface area (Å²) < 4.78 is 17.7. The number of ether oxygens (including phenoxy) is 3. The number of fused-ring (bicyclic) bond motifs is 1. The molecule has 0 saturated carbocycles. The van der Waals surface area contributed by atoms with E-state index in [1.807, 2.05) is 12.1 Å². The Hall–Kier alpha value is -3.07. The van der Waals surface area contributed by atoms with E-state index in [0.29, 0.717) is 55.3 Å². The fourth-order valence-corrected chi connectivity index (χ4v) is 3.87. The van der Waals surface area contributed by atoms with Gasteiger partial charge in [-0.15, -0.1) is 0 Å². The molecular formula is C22H21BrN2O6. The Bertz CT molecular complexity index is 990. The summed E-state index contributed by atoms with van der Waals surface area (Å²) in [4.78, 5) is 39.8. The van der Waals surface area contributed by atoms with Gasteiger partial charge in [0, 0.05) is 30.7 Å². The first-order chi connectivity index (χ1) is 15.0. The van der Waals surface area contributed by atoms with Crippen LogP contribution >= 0.6 is 15.9 Å². The van der Waals surface area contributed by atoms with Crippen LogP contribution in [0.2, 0.25) is 0 Å². The van der Waals surface area contributed by atoms with E-state index in [2.05, 4.69) is 15.9 Å². The number of amides is 2. The first-order valence-corrected chi connectivity index (χ1v) is 10.7. The lowest BCUT2D eigenvalue weighted by molar-refractivity contribution is -0.146. The van der Waals surface area contributed by atoms with Crippen molar-refractivity contribution in [1.82, 2.24) is 9.80 Å². The second kappa shape index (κ2) is 9.38. The van der Waals surface area contributed by atoms with E-state index < -0.39 is 6.10 Å². The van der Waals surface area contributed by atoms with Crippen molar-refractivity contribution < 1.29 is 28.6 Å². The molecule has 0 radical (unpaired) electrons. The molecule has 162 valence electrons. The number of hydrogen-bond donors (Lipinski definition) is 0. The monoisotopic (exact) mass is 488 g/mol. The van der Waals surface area contributed by atoms with E-state index >= 15 is 0 Å². The van der Waals surface area contributed by atoms with Crippen LogP contribution in [-0.2, 0) is 9.59 Å². The van der Waals surface area contributed by atoms with Gasteiger partial charge in [-0.05, 0) is 30.3 Å². The van der Waals surface area contributed by atoms with Crippen molar-refractivity contribution in [2.45, 2.75) is 6.10 Å². The smallest absolute Gasteiger partial charge is 0.267 e. The van der Waals surface area contributed by atoms with Crippen LogP contribution in [0.3, 0.4) is 0 Å². The van der Waals surface area contributed by atoms with E-state index in [4.69, 9.17) is 14.2 Å². The Morgan fingerprint density at radius 2 is 1.77 bits per heavy atom. The number of carbonyl (C=O) groups excluding carboxylic acids is 3. The zero-order valence-electron chi connectivity index (χ0n) is 16.7. The number of hydrogen-bond acceptors (Lipinski definition) is 6. The highest BCUT2D eigenvalue weighted by Crippen LogP contribution is 2.31. The maximum absolute atomic E-state index is 12.8. The largest absolute Gasteiger partial charge is 0.485 e. The lowest BCUT2D eigenvalue weighted by atomic mass is 10.2. The van der Waals surface area contributed by atoms with Crippen molar-refractivity contribution in [2.75, 3.05) is 39.4 Å². The maximum Gasteiger partial charge on any atom is 0.267 e. The number of para-hydroxylation sites is 2.